The van der Waals surface area contributed by atoms with Gasteiger partial charge in [-0.3, -0.25) is 19.1 Å². The molecule has 0 heterocycles. The molecule has 0 aliphatic heterocycles. The third-order valence-electron chi connectivity index (χ3n) is 2.82. The number of ketones is 1. The maximum Gasteiger partial charge on any atom is 0.280 e. The van der Waals surface area contributed by atoms with Crippen molar-refractivity contribution in [3.05, 3.63) is 75.3 Å². The molecule has 2 rings (SSSR count). The third-order valence-corrected chi connectivity index (χ3v) is 3.39. The van der Waals surface area contributed by atoms with Gasteiger partial charge in [-0.1, -0.05) is 47.5 Å². The van der Waals surface area contributed by atoms with Crippen molar-refractivity contribution in [2.24, 2.45) is 0 Å². The molecular formula is C14H10NO5S-. The zero-order valence-corrected chi connectivity index (χ0v) is 11.5. The average Bonchev–Trinajstić information content (AvgIpc) is 2.46. The number of hydrogen-bond donors (Lipinski definition) is 0. The first-order valence-electron chi connectivity index (χ1n) is 5.92. The third kappa shape index (κ3) is 3.59. The summed E-state index contributed by atoms with van der Waals surface area (Å²) in [5.74, 6) is -0.808. The van der Waals surface area contributed by atoms with Gasteiger partial charge in [0.1, 0.15) is 5.56 Å². The first kappa shape index (κ1) is 15.0. The smallest absolute Gasteiger partial charge is 0.280 e. The molecule has 1 atom stereocenters. The molecule has 21 heavy (non-hydrogen) atoms. The SMILES string of the molecule is O=C(c1ccccc1)c1ccc(CS(=O)[O-])cc1[N+](=O)[O-]. The van der Waals surface area contributed by atoms with Crippen LogP contribution in [0, 0.1) is 10.1 Å². The van der Waals surface area contributed by atoms with Crippen LogP contribution < -0.4 is 0 Å². The zero-order valence-electron chi connectivity index (χ0n) is 10.7. The standard InChI is InChI=1S/C14H11NO5S/c16-14(11-4-2-1-3-5-11)12-7-6-10(9-21(19)20)8-13(12)15(17)18/h1-8H,9H2,(H,19,20)/p-1. The summed E-state index contributed by atoms with van der Waals surface area (Å²) in [7, 11) is 0. The molecule has 0 saturated carbocycles. The fourth-order valence-electron chi connectivity index (χ4n) is 1.89. The minimum absolute atomic E-state index is 0.0633. The van der Waals surface area contributed by atoms with E-state index in [1.807, 2.05) is 0 Å². The fourth-order valence-corrected chi connectivity index (χ4v) is 2.34. The minimum atomic E-state index is -2.35. The van der Waals surface area contributed by atoms with Crippen molar-refractivity contribution in [2.45, 2.75) is 5.75 Å². The molecule has 0 aromatic heterocycles. The lowest BCUT2D eigenvalue weighted by atomic mass is 10.0. The Morgan fingerprint density at radius 3 is 2.38 bits per heavy atom. The molecule has 0 N–H and O–H groups in total. The van der Waals surface area contributed by atoms with Crippen LogP contribution in [0.25, 0.3) is 0 Å². The summed E-state index contributed by atoms with van der Waals surface area (Å²) in [6.07, 6.45) is 0. The topological polar surface area (TPSA) is 100 Å². The lowest BCUT2D eigenvalue weighted by Gasteiger charge is -2.07. The molecule has 108 valence electrons. The van der Waals surface area contributed by atoms with Crippen molar-refractivity contribution >= 4 is 22.6 Å². The van der Waals surface area contributed by atoms with E-state index < -0.39 is 27.5 Å². The van der Waals surface area contributed by atoms with Crippen LogP contribution in [0.5, 0.6) is 0 Å². The lowest BCUT2D eigenvalue weighted by molar-refractivity contribution is -0.385. The van der Waals surface area contributed by atoms with E-state index in [9.17, 15) is 23.7 Å². The number of carbonyl (C=O) groups excluding carboxylic acids is 1. The van der Waals surface area contributed by atoms with E-state index in [0.717, 1.165) is 6.07 Å². The second-order valence-electron chi connectivity index (χ2n) is 4.25. The van der Waals surface area contributed by atoms with E-state index in [-0.39, 0.29) is 16.9 Å². The zero-order chi connectivity index (χ0) is 15.4. The molecule has 0 spiro atoms. The summed E-state index contributed by atoms with van der Waals surface area (Å²) < 4.78 is 21.3. The van der Waals surface area contributed by atoms with Gasteiger partial charge in [0.15, 0.2) is 5.78 Å². The predicted octanol–water partition coefficient (Wildman–Crippen LogP) is 2.20. The highest BCUT2D eigenvalue weighted by Crippen LogP contribution is 2.24. The Hall–Kier alpha value is -2.38. The lowest BCUT2D eigenvalue weighted by Crippen LogP contribution is -2.06. The maximum atomic E-state index is 12.3. The van der Waals surface area contributed by atoms with Gasteiger partial charge in [-0.15, -0.1) is 0 Å². The normalized spacial score (nSPS) is 11.9. The van der Waals surface area contributed by atoms with Crippen LogP contribution in [-0.4, -0.2) is 19.5 Å². The van der Waals surface area contributed by atoms with Gasteiger partial charge in [-0.2, -0.15) is 0 Å². The molecule has 0 bridgehead atoms. The van der Waals surface area contributed by atoms with E-state index >= 15 is 0 Å². The number of hydrogen-bond acceptors (Lipinski definition) is 5. The van der Waals surface area contributed by atoms with Crippen molar-refractivity contribution < 1.29 is 18.5 Å². The Kier molecular flexibility index (Phi) is 4.56. The molecule has 0 fully saturated rings. The number of nitrogens with zero attached hydrogens (tertiary/aromatic N) is 1. The Morgan fingerprint density at radius 2 is 1.81 bits per heavy atom. The van der Waals surface area contributed by atoms with E-state index in [1.54, 1.807) is 30.3 Å². The highest BCUT2D eigenvalue weighted by Gasteiger charge is 2.21. The Balaban J connectivity index is 2.46. The van der Waals surface area contributed by atoms with Gasteiger partial charge in [0.25, 0.3) is 5.69 Å². The fraction of sp³-hybridized carbons (Fsp3) is 0.0714. The van der Waals surface area contributed by atoms with Crippen molar-refractivity contribution in [3.63, 3.8) is 0 Å². The quantitative estimate of drug-likeness (QED) is 0.365. The predicted molar refractivity (Wildman–Crippen MR) is 75.6 cm³/mol. The molecule has 1 unspecified atom stereocenters. The van der Waals surface area contributed by atoms with Crippen LogP contribution in [-0.2, 0) is 16.8 Å². The van der Waals surface area contributed by atoms with Crippen LogP contribution in [0.2, 0.25) is 0 Å². The number of benzene rings is 2. The monoisotopic (exact) mass is 304 g/mol. The van der Waals surface area contributed by atoms with Crippen molar-refractivity contribution in [1.82, 2.24) is 0 Å². The Bertz CT molecular complexity index is 715. The number of rotatable bonds is 5. The van der Waals surface area contributed by atoms with Gasteiger partial charge < -0.3 is 4.55 Å². The second kappa shape index (κ2) is 6.38. The first-order chi connectivity index (χ1) is 9.99. The molecule has 6 nitrogen and oxygen atoms in total. The van der Waals surface area contributed by atoms with Crippen LogP contribution in [0.3, 0.4) is 0 Å². The van der Waals surface area contributed by atoms with Gasteiger partial charge in [-0.05, 0) is 11.6 Å². The minimum Gasteiger partial charge on any atom is -0.772 e. The van der Waals surface area contributed by atoms with Gasteiger partial charge in [0, 0.05) is 17.4 Å². The van der Waals surface area contributed by atoms with E-state index in [4.69, 9.17) is 0 Å². The van der Waals surface area contributed by atoms with Gasteiger partial charge in [-0.25, -0.2) is 0 Å². The summed E-state index contributed by atoms with van der Waals surface area (Å²) in [5, 5.41) is 11.1. The van der Waals surface area contributed by atoms with Gasteiger partial charge in [0.05, 0.1) is 4.92 Å². The van der Waals surface area contributed by atoms with Crippen molar-refractivity contribution in [1.29, 1.82) is 0 Å². The molecule has 2 aromatic rings. The molecule has 2 aromatic carbocycles. The average molecular weight is 304 g/mol. The van der Waals surface area contributed by atoms with E-state index in [2.05, 4.69) is 0 Å². The van der Waals surface area contributed by atoms with Crippen LogP contribution in [0.4, 0.5) is 5.69 Å². The van der Waals surface area contributed by atoms with Crippen LogP contribution in [0.1, 0.15) is 21.5 Å². The molecule has 0 saturated heterocycles. The first-order valence-corrected chi connectivity index (χ1v) is 7.16. The number of nitro benzene ring substituents is 1. The Morgan fingerprint density at radius 1 is 1.14 bits per heavy atom. The van der Waals surface area contributed by atoms with Crippen molar-refractivity contribution in [2.75, 3.05) is 0 Å². The summed E-state index contributed by atoms with van der Waals surface area (Å²) in [6.45, 7) is 0. The summed E-state index contributed by atoms with van der Waals surface area (Å²) in [6, 6.07) is 12.0. The molecule has 0 radical (unpaired) electrons. The summed E-state index contributed by atoms with van der Waals surface area (Å²) in [4.78, 5) is 22.7. The second-order valence-corrected chi connectivity index (χ2v) is 5.15. The van der Waals surface area contributed by atoms with Crippen molar-refractivity contribution in [3.8, 4) is 0 Å². The van der Waals surface area contributed by atoms with E-state index in [1.165, 1.54) is 12.1 Å². The number of nitro groups is 1. The molecule has 7 heteroatoms. The molecule has 0 aliphatic rings. The molecule has 0 aliphatic carbocycles. The van der Waals surface area contributed by atoms with Crippen LogP contribution in [0.15, 0.2) is 48.5 Å². The molecular weight excluding hydrogens is 294 g/mol. The summed E-state index contributed by atoms with van der Waals surface area (Å²) in [5.41, 5.74) is 0.138. The van der Waals surface area contributed by atoms with Gasteiger partial charge >= 0.3 is 0 Å². The summed E-state index contributed by atoms with van der Waals surface area (Å²) >= 11 is -2.35. The Labute approximate surface area is 122 Å². The highest BCUT2D eigenvalue weighted by atomic mass is 32.2. The van der Waals surface area contributed by atoms with Gasteiger partial charge in [0.2, 0.25) is 0 Å². The van der Waals surface area contributed by atoms with Crippen LogP contribution >= 0.6 is 0 Å². The molecule has 0 amide bonds. The maximum absolute atomic E-state index is 12.3. The number of carbonyl (C=O) groups is 1. The highest BCUT2D eigenvalue weighted by molar-refractivity contribution is 7.78. The van der Waals surface area contributed by atoms with E-state index in [0.29, 0.717) is 5.56 Å². The largest absolute Gasteiger partial charge is 0.772 e.